The number of nitrogens with zero attached hydrogens (tertiary/aromatic N) is 3. The fraction of sp³-hybridized carbons (Fsp3) is 0.321. The van der Waals surface area contributed by atoms with Crippen LogP contribution in [0.5, 0.6) is 5.75 Å². The van der Waals surface area contributed by atoms with Crippen molar-refractivity contribution in [2.45, 2.75) is 45.6 Å². The summed E-state index contributed by atoms with van der Waals surface area (Å²) in [6.07, 6.45) is 5.88. The number of ether oxygens (including phenoxy) is 1. The number of carbonyl (C=O) groups is 1. The van der Waals surface area contributed by atoms with E-state index >= 15 is 0 Å². The number of hydrogen-bond acceptors (Lipinski definition) is 4. The Bertz CT molecular complexity index is 1200. The summed E-state index contributed by atoms with van der Waals surface area (Å²) in [7, 11) is 0. The number of aryl methyl sites for hydroxylation is 1. The Morgan fingerprint density at radius 2 is 1.91 bits per heavy atom. The van der Waals surface area contributed by atoms with Crippen LogP contribution in [-0.2, 0) is 13.0 Å². The normalized spacial score (nSPS) is 11.9. The molecule has 0 aliphatic carbocycles. The maximum Gasteiger partial charge on any atom is 0.252 e. The van der Waals surface area contributed by atoms with Gasteiger partial charge in [-0.2, -0.15) is 0 Å². The average Bonchev–Trinajstić information content (AvgIpc) is 3.24. The molecule has 2 heterocycles. The van der Waals surface area contributed by atoms with E-state index in [0.717, 1.165) is 42.0 Å². The van der Waals surface area contributed by atoms with Crippen LogP contribution in [0.25, 0.3) is 11.0 Å². The van der Waals surface area contributed by atoms with Gasteiger partial charge in [0.2, 0.25) is 0 Å². The molecule has 0 aliphatic heterocycles. The van der Waals surface area contributed by atoms with Crippen LogP contribution in [-0.4, -0.2) is 33.6 Å². The molecule has 0 radical (unpaired) electrons. The van der Waals surface area contributed by atoms with Gasteiger partial charge in [0, 0.05) is 31.9 Å². The molecule has 0 saturated heterocycles. The Morgan fingerprint density at radius 1 is 1.09 bits per heavy atom. The number of carbonyl (C=O) groups excluding carboxylic acids is 1. The highest BCUT2D eigenvalue weighted by atomic mass is 16.5. The molecular weight excluding hydrogens is 424 g/mol. The zero-order valence-corrected chi connectivity index (χ0v) is 19.9. The van der Waals surface area contributed by atoms with E-state index in [9.17, 15) is 4.79 Å². The molecule has 176 valence electrons. The number of imidazole rings is 1. The van der Waals surface area contributed by atoms with Crippen molar-refractivity contribution in [1.29, 1.82) is 0 Å². The molecule has 2 aromatic heterocycles. The number of para-hydroxylation sites is 2. The SMILES string of the molecule is CCC(C)c1ccc(OCCCn2c(CCNC(=O)c3cccnc3)nc3ccccc32)cc1. The van der Waals surface area contributed by atoms with Crippen LogP contribution in [0.4, 0.5) is 0 Å². The van der Waals surface area contributed by atoms with Crippen molar-refractivity contribution in [3.63, 3.8) is 0 Å². The van der Waals surface area contributed by atoms with E-state index in [1.807, 2.05) is 18.2 Å². The standard InChI is InChI=1S/C28H32N4O2/c1-3-21(2)22-11-13-24(14-12-22)34-19-7-18-32-26-10-5-4-9-25(26)31-27(32)15-17-30-28(33)23-8-6-16-29-20-23/h4-6,8-14,16,20-21H,3,7,15,17-19H2,1-2H3,(H,30,33). The van der Waals surface area contributed by atoms with E-state index in [-0.39, 0.29) is 5.91 Å². The molecule has 0 aliphatic rings. The average molecular weight is 457 g/mol. The Morgan fingerprint density at radius 3 is 2.68 bits per heavy atom. The first kappa shape index (κ1) is 23.5. The molecule has 1 amide bonds. The molecule has 6 nitrogen and oxygen atoms in total. The van der Waals surface area contributed by atoms with Crippen LogP contribution >= 0.6 is 0 Å². The minimum absolute atomic E-state index is 0.122. The monoisotopic (exact) mass is 456 g/mol. The third-order valence-corrected chi connectivity index (χ3v) is 6.15. The number of benzene rings is 2. The molecule has 34 heavy (non-hydrogen) atoms. The van der Waals surface area contributed by atoms with Crippen LogP contribution in [0.3, 0.4) is 0 Å². The number of fused-ring (bicyclic) bond motifs is 1. The summed E-state index contributed by atoms with van der Waals surface area (Å²) in [6, 6.07) is 20.1. The Balaban J connectivity index is 1.34. The third kappa shape index (κ3) is 5.81. The fourth-order valence-corrected chi connectivity index (χ4v) is 3.99. The molecule has 6 heteroatoms. The lowest BCUT2D eigenvalue weighted by molar-refractivity contribution is 0.0953. The minimum Gasteiger partial charge on any atom is -0.494 e. The summed E-state index contributed by atoms with van der Waals surface area (Å²) >= 11 is 0. The highest BCUT2D eigenvalue weighted by Gasteiger charge is 2.12. The molecular formula is C28H32N4O2. The number of rotatable bonds is 11. The smallest absolute Gasteiger partial charge is 0.252 e. The molecule has 0 bridgehead atoms. The van der Waals surface area contributed by atoms with Gasteiger partial charge in [-0.1, -0.05) is 38.1 Å². The largest absolute Gasteiger partial charge is 0.494 e. The van der Waals surface area contributed by atoms with Crippen molar-refractivity contribution in [3.8, 4) is 5.75 Å². The zero-order chi connectivity index (χ0) is 23.8. The second-order valence-corrected chi connectivity index (χ2v) is 8.50. The van der Waals surface area contributed by atoms with Crippen LogP contribution in [0.15, 0.2) is 73.1 Å². The van der Waals surface area contributed by atoms with Crippen molar-refractivity contribution in [1.82, 2.24) is 19.9 Å². The fourth-order valence-electron chi connectivity index (χ4n) is 3.99. The first-order chi connectivity index (χ1) is 16.7. The molecule has 4 aromatic rings. The maximum atomic E-state index is 12.3. The Kier molecular flexibility index (Phi) is 7.91. The van der Waals surface area contributed by atoms with Crippen LogP contribution in [0, 0.1) is 0 Å². The van der Waals surface area contributed by atoms with Gasteiger partial charge < -0.3 is 14.6 Å². The number of nitrogens with one attached hydrogen (secondary N) is 1. The Hall–Kier alpha value is -3.67. The summed E-state index contributed by atoms with van der Waals surface area (Å²) in [5, 5.41) is 2.97. The summed E-state index contributed by atoms with van der Waals surface area (Å²) in [5.74, 6) is 2.31. The van der Waals surface area contributed by atoms with E-state index in [1.165, 1.54) is 5.56 Å². The molecule has 1 N–H and O–H groups in total. The van der Waals surface area contributed by atoms with E-state index in [0.29, 0.717) is 31.1 Å². The lowest BCUT2D eigenvalue weighted by atomic mass is 9.99. The van der Waals surface area contributed by atoms with Crippen LogP contribution in [0.1, 0.15) is 54.4 Å². The van der Waals surface area contributed by atoms with Crippen LogP contribution in [0.2, 0.25) is 0 Å². The maximum absolute atomic E-state index is 12.3. The second kappa shape index (κ2) is 11.5. The highest BCUT2D eigenvalue weighted by molar-refractivity contribution is 5.93. The lowest BCUT2D eigenvalue weighted by Gasteiger charge is -2.12. The third-order valence-electron chi connectivity index (χ3n) is 6.15. The van der Waals surface area contributed by atoms with Crippen molar-refractivity contribution in [2.75, 3.05) is 13.2 Å². The van der Waals surface area contributed by atoms with Gasteiger partial charge in [0.15, 0.2) is 0 Å². The van der Waals surface area contributed by atoms with Crippen LogP contribution < -0.4 is 10.1 Å². The van der Waals surface area contributed by atoms with Gasteiger partial charge >= 0.3 is 0 Å². The summed E-state index contributed by atoms with van der Waals surface area (Å²) in [5.41, 5.74) is 3.98. The molecule has 1 unspecified atom stereocenters. The first-order valence-corrected chi connectivity index (χ1v) is 12.0. The quantitative estimate of drug-likeness (QED) is 0.307. The first-order valence-electron chi connectivity index (χ1n) is 12.0. The zero-order valence-electron chi connectivity index (χ0n) is 19.9. The number of amides is 1. The van der Waals surface area contributed by atoms with E-state index < -0.39 is 0 Å². The predicted octanol–water partition coefficient (Wildman–Crippen LogP) is 5.39. The van der Waals surface area contributed by atoms with Crippen molar-refractivity contribution < 1.29 is 9.53 Å². The molecule has 2 aromatic carbocycles. The molecule has 0 spiro atoms. The van der Waals surface area contributed by atoms with Gasteiger partial charge in [0.05, 0.1) is 23.2 Å². The van der Waals surface area contributed by atoms with Gasteiger partial charge in [0.25, 0.3) is 5.91 Å². The number of hydrogen-bond donors (Lipinski definition) is 1. The lowest BCUT2D eigenvalue weighted by Crippen LogP contribution is -2.26. The van der Waals surface area contributed by atoms with E-state index in [4.69, 9.17) is 9.72 Å². The number of aromatic nitrogens is 3. The van der Waals surface area contributed by atoms with E-state index in [1.54, 1.807) is 24.5 Å². The van der Waals surface area contributed by atoms with Crippen molar-refractivity contribution in [3.05, 3.63) is 90.0 Å². The van der Waals surface area contributed by atoms with Gasteiger partial charge in [0.1, 0.15) is 11.6 Å². The molecule has 1 atom stereocenters. The molecule has 4 rings (SSSR count). The van der Waals surface area contributed by atoms with E-state index in [2.05, 4.69) is 59.0 Å². The summed E-state index contributed by atoms with van der Waals surface area (Å²) in [6.45, 7) is 6.39. The Labute approximate surface area is 201 Å². The van der Waals surface area contributed by atoms with Crippen molar-refractivity contribution >= 4 is 16.9 Å². The summed E-state index contributed by atoms with van der Waals surface area (Å²) in [4.78, 5) is 21.1. The van der Waals surface area contributed by atoms with Gasteiger partial charge in [-0.15, -0.1) is 0 Å². The highest BCUT2D eigenvalue weighted by Crippen LogP contribution is 2.22. The molecule has 0 saturated carbocycles. The molecule has 0 fully saturated rings. The summed E-state index contributed by atoms with van der Waals surface area (Å²) < 4.78 is 8.23. The van der Waals surface area contributed by atoms with Gasteiger partial charge in [-0.05, 0) is 60.7 Å². The van der Waals surface area contributed by atoms with Gasteiger partial charge in [-0.3, -0.25) is 9.78 Å². The minimum atomic E-state index is -0.122. The number of pyridine rings is 1. The predicted molar refractivity (Wildman–Crippen MR) is 135 cm³/mol. The second-order valence-electron chi connectivity index (χ2n) is 8.50. The van der Waals surface area contributed by atoms with Crippen molar-refractivity contribution in [2.24, 2.45) is 0 Å². The topological polar surface area (TPSA) is 69.0 Å². The van der Waals surface area contributed by atoms with Gasteiger partial charge in [-0.25, -0.2) is 4.98 Å².